The van der Waals surface area contributed by atoms with Gasteiger partial charge in [-0.3, -0.25) is 19.4 Å². The molecule has 4 heterocycles. The van der Waals surface area contributed by atoms with E-state index in [1.807, 2.05) is 25.1 Å². The number of nitrogens with zero attached hydrogens (tertiary/aromatic N) is 5. The van der Waals surface area contributed by atoms with Crippen molar-refractivity contribution in [2.45, 2.75) is 102 Å². The molecule has 0 N–H and O–H groups in total. The highest BCUT2D eigenvalue weighted by molar-refractivity contribution is 5.76. The van der Waals surface area contributed by atoms with E-state index in [0.717, 1.165) is 43.0 Å². The average Bonchev–Trinajstić information content (AvgIpc) is 3.17. The highest BCUT2D eigenvalue weighted by Gasteiger charge is 2.44. The molecule has 2 aromatic rings. The number of piperidine rings is 1. The minimum Gasteiger partial charge on any atom is -0.465 e. The Morgan fingerprint density at radius 1 is 0.872 bits per heavy atom. The second-order valence-electron chi connectivity index (χ2n) is 12.1. The van der Waals surface area contributed by atoms with Crippen LogP contribution in [0.15, 0.2) is 29.1 Å². The van der Waals surface area contributed by atoms with E-state index < -0.39 is 0 Å². The molecule has 2 bridgehead atoms. The minimum absolute atomic E-state index is 0.0522. The van der Waals surface area contributed by atoms with Crippen LogP contribution in [0.25, 0.3) is 11.0 Å². The first-order valence-corrected chi connectivity index (χ1v) is 15.5. The number of ether oxygens (including phenoxy) is 1. The Morgan fingerprint density at radius 3 is 2.23 bits per heavy atom. The maximum Gasteiger partial charge on any atom is 0.320 e. The number of anilines is 1. The van der Waals surface area contributed by atoms with Gasteiger partial charge in [0.25, 0.3) is 5.56 Å². The highest BCUT2D eigenvalue weighted by atomic mass is 16.5. The van der Waals surface area contributed by atoms with Crippen molar-refractivity contribution < 1.29 is 9.53 Å². The molecule has 1 aromatic heterocycles. The zero-order valence-electron chi connectivity index (χ0n) is 23.6. The molecule has 8 nitrogen and oxygen atoms in total. The molecule has 3 saturated heterocycles. The molecule has 39 heavy (non-hydrogen) atoms. The second-order valence-corrected chi connectivity index (χ2v) is 12.1. The van der Waals surface area contributed by atoms with Crippen LogP contribution in [0.2, 0.25) is 0 Å². The summed E-state index contributed by atoms with van der Waals surface area (Å²) < 4.78 is 7.24. The predicted octanol–water partition coefficient (Wildman–Crippen LogP) is 4.36. The standard InChI is InChI=1S/C31H45N5O3/c1-2-39-29(37)22-33-16-18-34(19-17-33)30-31(38)36(28-13-9-8-12-27(28)32-30)26-20-24-14-15-25(21-26)35(24)23-10-6-4-3-5-7-11-23/h8-9,12-13,23-26H,2-7,10-11,14-22H2,1H3. The fourth-order valence-electron chi connectivity index (χ4n) is 7.94. The SMILES string of the molecule is CCOC(=O)CN1CCN(c2nc3ccccc3n(C3CC4CCC(C3)N4C3CCCCCCC3)c2=O)CC1. The number of rotatable bonds is 6. The lowest BCUT2D eigenvalue weighted by Gasteiger charge is -2.45. The van der Waals surface area contributed by atoms with Crippen LogP contribution in [0, 0.1) is 0 Å². The van der Waals surface area contributed by atoms with Gasteiger partial charge in [0.05, 0.1) is 24.2 Å². The highest BCUT2D eigenvalue weighted by Crippen LogP contribution is 2.44. The number of fused-ring (bicyclic) bond motifs is 3. The van der Waals surface area contributed by atoms with E-state index >= 15 is 0 Å². The molecule has 0 amide bonds. The third kappa shape index (κ3) is 5.60. The van der Waals surface area contributed by atoms with E-state index in [2.05, 4.69) is 25.3 Å². The van der Waals surface area contributed by atoms with E-state index in [4.69, 9.17) is 9.72 Å². The Kier molecular flexibility index (Phi) is 8.21. The molecule has 4 fully saturated rings. The maximum atomic E-state index is 14.2. The molecule has 4 aliphatic rings. The van der Waals surface area contributed by atoms with Crippen molar-refractivity contribution in [3.05, 3.63) is 34.6 Å². The van der Waals surface area contributed by atoms with Crippen LogP contribution < -0.4 is 10.5 Å². The summed E-state index contributed by atoms with van der Waals surface area (Å²) in [6.45, 7) is 5.35. The molecular formula is C31H45N5O3. The summed E-state index contributed by atoms with van der Waals surface area (Å²) in [4.78, 5) is 38.2. The van der Waals surface area contributed by atoms with Gasteiger partial charge in [0, 0.05) is 50.3 Å². The normalized spacial score (nSPS) is 27.4. The van der Waals surface area contributed by atoms with Crippen molar-refractivity contribution in [3.8, 4) is 0 Å². The number of carbonyl (C=O) groups is 1. The van der Waals surface area contributed by atoms with Crippen molar-refractivity contribution >= 4 is 22.8 Å². The first-order valence-electron chi connectivity index (χ1n) is 15.5. The topological polar surface area (TPSA) is 70.9 Å². The van der Waals surface area contributed by atoms with Crippen LogP contribution in [0.3, 0.4) is 0 Å². The number of aromatic nitrogens is 2. The van der Waals surface area contributed by atoms with Gasteiger partial charge in [-0.2, -0.15) is 0 Å². The molecule has 8 heteroatoms. The van der Waals surface area contributed by atoms with E-state index in [9.17, 15) is 9.59 Å². The quantitative estimate of drug-likeness (QED) is 0.509. The number of carbonyl (C=O) groups excluding carboxylic acids is 1. The molecule has 2 unspecified atom stereocenters. The first kappa shape index (κ1) is 26.8. The predicted molar refractivity (Wildman–Crippen MR) is 154 cm³/mol. The molecule has 1 saturated carbocycles. The Morgan fingerprint density at radius 2 is 1.54 bits per heavy atom. The van der Waals surface area contributed by atoms with Gasteiger partial charge in [-0.05, 0) is 57.6 Å². The zero-order chi connectivity index (χ0) is 26.8. The third-order valence-electron chi connectivity index (χ3n) is 9.73. The molecule has 3 aliphatic heterocycles. The number of benzene rings is 1. The van der Waals surface area contributed by atoms with E-state index in [0.29, 0.717) is 44.1 Å². The van der Waals surface area contributed by atoms with Gasteiger partial charge in [-0.15, -0.1) is 0 Å². The monoisotopic (exact) mass is 535 g/mol. The van der Waals surface area contributed by atoms with E-state index in [-0.39, 0.29) is 17.6 Å². The molecule has 1 aromatic carbocycles. The molecule has 212 valence electrons. The summed E-state index contributed by atoms with van der Waals surface area (Å²) in [7, 11) is 0. The van der Waals surface area contributed by atoms with Crippen LogP contribution in [0.1, 0.15) is 83.6 Å². The lowest BCUT2D eigenvalue weighted by atomic mass is 9.89. The van der Waals surface area contributed by atoms with Gasteiger partial charge in [0.15, 0.2) is 5.82 Å². The summed E-state index contributed by atoms with van der Waals surface area (Å²) in [5.41, 5.74) is 1.92. The number of hydrogen-bond acceptors (Lipinski definition) is 7. The van der Waals surface area contributed by atoms with Crippen LogP contribution in [-0.4, -0.2) is 82.8 Å². The van der Waals surface area contributed by atoms with Crippen molar-refractivity contribution in [1.82, 2.24) is 19.4 Å². The molecule has 2 atom stereocenters. The molecule has 6 rings (SSSR count). The van der Waals surface area contributed by atoms with Crippen LogP contribution in [0.4, 0.5) is 5.82 Å². The maximum absolute atomic E-state index is 14.2. The lowest BCUT2D eigenvalue weighted by Crippen LogP contribution is -2.51. The van der Waals surface area contributed by atoms with Gasteiger partial charge in [-0.1, -0.05) is 44.2 Å². The van der Waals surface area contributed by atoms with Gasteiger partial charge < -0.3 is 14.2 Å². The summed E-state index contributed by atoms with van der Waals surface area (Å²) in [6, 6.07) is 10.3. The Balaban J connectivity index is 1.23. The van der Waals surface area contributed by atoms with Gasteiger partial charge >= 0.3 is 5.97 Å². The number of esters is 1. The Bertz CT molecular complexity index is 1180. The molecule has 1 aliphatic carbocycles. The third-order valence-corrected chi connectivity index (χ3v) is 9.73. The molecular weight excluding hydrogens is 490 g/mol. The van der Waals surface area contributed by atoms with Crippen LogP contribution >= 0.6 is 0 Å². The van der Waals surface area contributed by atoms with Gasteiger partial charge in [0.2, 0.25) is 0 Å². The summed E-state index contributed by atoms with van der Waals surface area (Å²) in [5.74, 6) is 0.386. The summed E-state index contributed by atoms with van der Waals surface area (Å²) in [6.07, 6.45) is 14.3. The summed E-state index contributed by atoms with van der Waals surface area (Å²) >= 11 is 0. The lowest BCUT2D eigenvalue weighted by molar-refractivity contribution is -0.144. The van der Waals surface area contributed by atoms with E-state index in [1.165, 1.54) is 57.8 Å². The van der Waals surface area contributed by atoms with Crippen molar-refractivity contribution in [3.63, 3.8) is 0 Å². The molecule has 0 radical (unpaired) electrons. The van der Waals surface area contributed by atoms with Crippen LogP contribution in [-0.2, 0) is 9.53 Å². The van der Waals surface area contributed by atoms with Gasteiger partial charge in [-0.25, -0.2) is 4.98 Å². The number of hydrogen-bond donors (Lipinski definition) is 0. The number of piperazine rings is 1. The fraction of sp³-hybridized carbons (Fsp3) is 0.710. The minimum atomic E-state index is -0.183. The van der Waals surface area contributed by atoms with E-state index in [1.54, 1.807) is 0 Å². The largest absolute Gasteiger partial charge is 0.465 e. The average molecular weight is 536 g/mol. The van der Waals surface area contributed by atoms with Crippen LogP contribution in [0.5, 0.6) is 0 Å². The summed E-state index contributed by atoms with van der Waals surface area (Å²) in [5, 5.41) is 0. The smallest absolute Gasteiger partial charge is 0.320 e. The molecule has 0 spiro atoms. The Labute approximate surface area is 232 Å². The van der Waals surface area contributed by atoms with Crippen molar-refractivity contribution in [2.75, 3.05) is 44.2 Å². The van der Waals surface area contributed by atoms with Gasteiger partial charge in [0.1, 0.15) is 0 Å². The zero-order valence-corrected chi connectivity index (χ0v) is 23.6. The fourth-order valence-corrected chi connectivity index (χ4v) is 7.94. The number of para-hydroxylation sites is 2. The van der Waals surface area contributed by atoms with Crippen molar-refractivity contribution in [2.24, 2.45) is 0 Å². The second kappa shape index (κ2) is 12.0. The first-order chi connectivity index (χ1) is 19.1. The van der Waals surface area contributed by atoms with Crippen molar-refractivity contribution in [1.29, 1.82) is 0 Å². The Hall–Kier alpha value is -2.45.